The van der Waals surface area contributed by atoms with Crippen molar-refractivity contribution in [1.82, 2.24) is 4.72 Å². The SMILES string of the molecule is CCC(NS(=O)(=O)c1cc(C)c(CO)s1)c1cccs1. The summed E-state index contributed by atoms with van der Waals surface area (Å²) in [5, 5.41) is 11.1. The molecule has 0 aromatic carbocycles. The van der Waals surface area contributed by atoms with Crippen molar-refractivity contribution in [2.75, 3.05) is 0 Å². The number of aliphatic hydroxyl groups is 1. The molecule has 7 heteroatoms. The molecule has 0 saturated carbocycles. The Hall–Kier alpha value is -0.730. The summed E-state index contributed by atoms with van der Waals surface area (Å²) in [4.78, 5) is 1.70. The molecule has 0 bridgehead atoms. The van der Waals surface area contributed by atoms with Crippen molar-refractivity contribution in [2.24, 2.45) is 0 Å². The van der Waals surface area contributed by atoms with Gasteiger partial charge in [0, 0.05) is 9.75 Å². The highest BCUT2D eigenvalue weighted by Crippen LogP contribution is 2.29. The molecule has 0 amide bonds. The van der Waals surface area contributed by atoms with Gasteiger partial charge >= 0.3 is 0 Å². The Morgan fingerprint density at radius 1 is 1.45 bits per heavy atom. The molecule has 2 aromatic heterocycles. The fourth-order valence-corrected chi connectivity index (χ4v) is 5.56. The van der Waals surface area contributed by atoms with Crippen molar-refractivity contribution < 1.29 is 13.5 Å². The van der Waals surface area contributed by atoms with Crippen molar-refractivity contribution in [1.29, 1.82) is 0 Å². The second-order valence-corrected chi connectivity index (χ2v) is 8.48. The van der Waals surface area contributed by atoms with E-state index in [2.05, 4.69) is 4.72 Å². The highest BCUT2D eigenvalue weighted by Gasteiger charge is 2.23. The molecule has 2 heterocycles. The van der Waals surface area contributed by atoms with Crippen LogP contribution in [0.25, 0.3) is 0 Å². The van der Waals surface area contributed by atoms with E-state index in [4.69, 9.17) is 0 Å². The lowest BCUT2D eigenvalue weighted by atomic mass is 10.2. The highest BCUT2D eigenvalue weighted by atomic mass is 32.2. The molecule has 0 saturated heterocycles. The third-order valence-corrected chi connectivity index (χ3v) is 7.15. The Morgan fingerprint density at radius 2 is 2.20 bits per heavy atom. The van der Waals surface area contributed by atoms with Crippen LogP contribution in [-0.2, 0) is 16.6 Å². The fraction of sp³-hybridized carbons (Fsp3) is 0.385. The molecule has 0 radical (unpaired) electrons. The maximum atomic E-state index is 12.4. The van der Waals surface area contributed by atoms with Gasteiger partial charge in [-0.2, -0.15) is 0 Å². The molecular formula is C13H17NO3S3. The van der Waals surface area contributed by atoms with Gasteiger partial charge in [0.15, 0.2) is 0 Å². The molecule has 2 rings (SSSR count). The van der Waals surface area contributed by atoms with Gasteiger partial charge in [0.1, 0.15) is 4.21 Å². The monoisotopic (exact) mass is 331 g/mol. The minimum Gasteiger partial charge on any atom is -0.391 e. The number of hydrogen-bond donors (Lipinski definition) is 2. The summed E-state index contributed by atoms with van der Waals surface area (Å²) >= 11 is 2.66. The molecular weight excluding hydrogens is 314 g/mol. The van der Waals surface area contributed by atoms with Gasteiger partial charge in [0.05, 0.1) is 12.6 Å². The first-order valence-corrected chi connectivity index (χ1v) is 9.41. The molecule has 0 aliphatic carbocycles. The molecule has 0 spiro atoms. The van der Waals surface area contributed by atoms with Gasteiger partial charge in [-0.1, -0.05) is 13.0 Å². The van der Waals surface area contributed by atoms with E-state index >= 15 is 0 Å². The van der Waals surface area contributed by atoms with Crippen LogP contribution in [0.1, 0.15) is 34.7 Å². The van der Waals surface area contributed by atoms with Crippen LogP contribution in [0.2, 0.25) is 0 Å². The maximum absolute atomic E-state index is 12.4. The predicted molar refractivity (Wildman–Crippen MR) is 82.7 cm³/mol. The summed E-state index contributed by atoms with van der Waals surface area (Å²) in [5.74, 6) is 0. The zero-order valence-electron chi connectivity index (χ0n) is 11.3. The third kappa shape index (κ3) is 3.29. The van der Waals surface area contributed by atoms with Crippen LogP contribution in [-0.4, -0.2) is 13.5 Å². The topological polar surface area (TPSA) is 66.4 Å². The number of rotatable bonds is 6. The summed E-state index contributed by atoms with van der Waals surface area (Å²) < 4.78 is 27.8. The highest BCUT2D eigenvalue weighted by molar-refractivity contribution is 7.91. The molecule has 4 nitrogen and oxygen atoms in total. The second kappa shape index (κ2) is 6.36. The predicted octanol–water partition coefficient (Wildman–Crippen LogP) is 3.04. The van der Waals surface area contributed by atoms with Crippen LogP contribution >= 0.6 is 22.7 Å². The van der Waals surface area contributed by atoms with Gasteiger partial charge in [-0.3, -0.25) is 0 Å². The van der Waals surface area contributed by atoms with E-state index in [0.29, 0.717) is 11.3 Å². The summed E-state index contributed by atoms with van der Waals surface area (Å²) in [5.41, 5.74) is 0.807. The fourth-order valence-electron chi connectivity index (χ4n) is 1.86. The van der Waals surface area contributed by atoms with E-state index in [1.807, 2.05) is 24.4 Å². The Balaban J connectivity index is 2.25. The third-order valence-electron chi connectivity index (χ3n) is 3.00. The maximum Gasteiger partial charge on any atom is 0.250 e. The number of sulfonamides is 1. The van der Waals surface area contributed by atoms with E-state index in [-0.39, 0.29) is 16.9 Å². The van der Waals surface area contributed by atoms with Crippen molar-refractivity contribution in [3.05, 3.63) is 38.9 Å². The molecule has 110 valence electrons. The van der Waals surface area contributed by atoms with Crippen molar-refractivity contribution in [3.63, 3.8) is 0 Å². The van der Waals surface area contributed by atoms with E-state index in [0.717, 1.165) is 21.8 Å². The van der Waals surface area contributed by atoms with Crippen LogP contribution in [0.5, 0.6) is 0 Å². The molecule has 0 fully saturated rings. The average molecular weight is 331 g/mol. The van der Waals surface area contributed by atoms with E-state index in [1.165, 1.54) is 0 Å². The first kappa shape index (κ1) is 15.7. The number of hydrogen-bond acceptors (Lipinski definition) is 5. The van der Waals surface area contributed by atoms with Crippen LogP contribution in [0, 0.1) is 6.92 Å². The Labute approximate surface area is 127 Å². The summed E-state index contributed by atoms with van der Waals surface area (Å²) in [7, 11) is -3.55. The minimum absolute atomic E-state index is 0.131. The van der Waals surface area contributed by atoms with Gasteiger partial charge in [0.25, 0.3) is 10.0 Å². The Morgan fingerprint density at radius 3 is 2.70 bits per heavy atom. The van der Waals surface area contributed by atoms with Gasteiger partial charge in [0.2, 0.25) is 0 Å². The lowest BCUT2D eigenvalue weighted by molar-refractivity contribution is 0.285. The zero-order valence-corrected chi connectivity index (χ0v) is 13.7. The molecule has 20 heavy (non-hydrogen) atoms. The molecule has 0 aliphatic heterocycles. The second-order valence-electron chi connectivity index (χ2n) is 4.43. The van der Waals surface area contributed by atoms with Gasteiger partial charge in [-0.15, -0.1) is 22.7 Å². The van der Waals surface area contributed by atoms with E-state index in [1.54, 1.807) is 24.3 Å². The molecule has 2 aromatic rings. The normalized spacial score (nSPS) is 13.6. The van der Waals surface area contributed by atoms with Crippen LogP contribution < -0.4 is 4.72 Å². The first-order valence-electron chi connectivity index (χ1n) is 6.23. The van der Waals surface area contributed by atoms with E-state index in [9.17, 15) is 13.5 Å². The van der Waals surface area contributed by atoms with Crippen molar-refractivity contribution in [2.45, 2.75) is 37.1 Å². The number of nitrogens with one attached hydrogen (secondary N) is 1. The van der Waals surface area contributed by atoms with E-state index < -0.39 is 10.0 Å². The quantitative estimate of drug-likeness (QED) is 0.855. The lowest BCUT2D eigenvalue weighted by Gasteiger charge is -2.14. The van der Waals surface area contributed by atoms with Crippen LogP contribution in [0.15, 0.2) is 27.8 Å². The summed E-state index contributed by atoms with van der Waals surface area (Å²) in [6.07, 6.45) is 0.691. The average Bonchev–Trinajstić information content (AvgIpc) is 3.05. The lowest BCUT2D eigenvalue weighted by Crippen LogP contribution is -2.27. The first-order chi connectivity index (χ1) is 9.47. The zero-order chi connectivity index (χ0) is 14.8. The van der Waals surface area contributed by atoms with Gasteiger partial charge in [-0.05, 0) is 36.4 Å². The largest absolute Gasteiger partial charge is 0.391 e. The number of aryl methyl sites for hydroxylation is 1. The number of thiophene rings is 2. The molecule has 2 N–H and O–H groups in total. The molecule has 0 aliphatic rings. The summed E-state index contributed by atoms with van der Waals surface area (Å²) in [6.45, 7) is 3.62. The standard InChI is InChI=1S/C13H17NO3S3/c1-3-10(11-5-4-6-18-11)14-20(16,17)13-7-9(2)12(8-15)19-13/h4-7,10,14-15H,3,8H2,1-2H3. The summed E-state index contributed by atoms with van der Waals surface area (Å²) in [6, 6.07) is 5.25. The molecule has 1 atom stereocenters. The Kier molecular flexibility index (Phi) is 4.98. The molecule has 1 unspecified atom stereocenters. The number of aliphatic hydroxyl groups excluding tert-OH is 1. The smallest absolute Gasteiger partial charge is 0.250 e. The Bertz CT molecular complexity index is 659. The minimum atomic E-state index is -3.55. The van der Waals surface area contributed by atoms with Crippen LogP contribution in [0.3, 0.4) is 0 Å². The van der Waals surface area contributed by atoms with Crippen molar-refractivity contribution >= 4 is 32.7 Å². The van der Waals surface area contributed by atoms with Gasteiger partial charge in [-0.25, -0.2) is 13.1 Å². The van der Waals surface area contributed by atoms with Gasteiger partial charge < -0.3 is 5.11 Å². The van der Waals surface area contributed by atoms with Crippen LogP contribution in [0.4, 0.5) is 0 Å². The van der Waals surface area contributed by atoms with Crippen molar-refractivity contribution in [3.8, 4) is 0 Å².